The molecule has 1 saturated carbocycles. The van der Waals surface area contributed by atoms with Gasteiger partial charge in [-0.2, -0.15) is 0 Å². The molecule has 1 saturated heterocycles. The van der Waals surface area contributed by atoms with Crippen molar-refractivity contribution in [2.75, 3.05) is 13.1 Å². The quantitative estimate of drug-likeness (QED) is 0.614. The van der Waals surface area contributed by atoms with Crippen LogP contribution in [0.5, 0.6) is 0 Å². The molecule has 1 heterocycles. The minimum Gasteiger partial charge on any atom is -0.473 e. The van der Waals surface area contributed by atoms with Gasteiger partial charge in [-0.1, -0.05) is 42.1 Å². The van der Waals surface area contributed by atoms with E-state index in [-0.39, 0.29) is 11.8 Å². The number of likely N-dealkylation sites (tertiary alicyclic amines) is 1. The average Bonchev–Trinajstić information content (AvgIpc) is 3.19. The first-order valence-electron chi connectivity index (χ1n) is 9.69. The minimum absolute atomic E-state index is 0.181. The van der Waals surface area contributed by atoms with Crippen molar-refractivity contribution in [3.8, 4) is 0 Å². The lowest BCUT2D eigenvalue weighted by Gasteiger charge is -2.32. The Morgan fingerprint density at radius 1 is 0.966 bits per heavy atom. The van der Waals surface area contributed by atoms with Crippen LogP contribution in [-0.2, 0) is 20.9 Å². The number of carbonyl (C=O) groups excluding carboxylic acids is 1. The fraction of sp³-hybridized carbons (Fsp3) is 0.550. The van der Waals surface area contributed by atoms with Gasteiger partial charge in [-0.25, -0.2) is 9.59 Å². The second kappa shape index (κ2) is 11.4. The molecule has 1 amide bonds. The maximum atomic E-state index is 12.3. The van der Waals surface area contributed by atoms with Gasteiger partial charge >= 0.3 is 11.9 Å². The third-order valence-corrected chi connectivity index (χ3v) is 5.97. The highest BCUT2D eigenvalue weighted by atomic mass is 35.5. The van der Waals surface area contributed by atoms with Gasteiger partial charge in [0.25, 0.3) is 0 Å². The van der Waals surface area contributed by atoms with Gasteiger partial charge in [0.1, 0.15) is 0 Å². The van der Waals surface area contributed by atoms with Gasteiger partial charge in [-0.05, 0) is 56.5 Å². The third-order valence-electron chi connectivity index (χ3n) is 5.23. The molecule has 0 radical (unpaired) electrons. The van der Waals surface area contributed by atoms with E-state index in [0.717, 1.165) is 45.3 Å². The fourth-order valence-electron chi connectivity index (χ4n) is 3.64. The number of nitrogens with one attached hydrogen (secondary N) is 1. The monoisotopic (exact) mass is 444 g/mol. The molecule has 0 bridgehead atoms. The van der Waals surface area contributed by atoms with E-state index in [9.17, 15) is 4.79 Å². The van der Waals surface area contributed by atoms with E-state index >= 15 is 0 Å². The maximum absolute atomic E-state index is 12.3. The van der Waals surface area contributed by atoms with Crippen molar-refractivity contribution in [3.05, 3.63) is 33.8 Å². The maximum Gasteiger partial charge on any atom is 0.414 e. The van der Waals surface area contributed by atoms with Crippen LogP contribution in [-0.4, -0.2) is 52.1 Å². The van der Waals surface area contributed by atoms with Crippen LogP contribution in [0.2, 0.25) is 10.0 Å². The van der Waals surface area contributed by atoms with Gasteiger partial charge in [0, 0.05) is 18.5 Å². The summed E-state index contributed by atoms with van der Waals surface area (Å²) in [7, 11) is 0. The molecule has 3 N–H and O–H groups in total. The molecule has 1 aromatic rings. The van der Waals surface area contributed by atoms with E-state index in [1.54, 1.807) is 0 Å². The smallest absolute Gasteiger partial charge is 0.414 e. The van der Waals surface area contributed by atoms with E-state index in [1.165, 1.54) is 18.4 Å². The molecular formula is C20H26Cl2N2O5. The topological polar surface area (TPSA) is 107 Å². The second-order valence-corrected chi connectivity index (χ2v) is 8.21. The second-order valence-electron chi connectivity index (χ2n) is 7.40. The highest BCUT2D eigenvalue weighted by molar-refractivity contribution is 6.42. The molecule has 1 aliphatic heterocycles. The molecule has 7 nitrogen and oxygen atoms in total. The van der Waals surface area contributed by atoms with Crippen molar-refractivity contribution < 1.29 is 24.6 Å². The predicted octanol–water partition coefficient (Wildman–Crippen LogP) is 3.42. The number of halogens is 2. The number of amides is 1. The summed E-state index contributed by atoms with van der Waals surface area (Å²) in [4.78, 5) is 32.9. The highest BCUT2D eigenvalue weighted by Gasteiger charge is 2.27. The number of hydrogen-bond donors (Lipinski definition) is 3. The average molecular weight is 445 g/mol. The van der Waals surface area contributed by atoms with Crippen LogP contribution in [0.1, 0.15) is 44.1 Å². The Balaban J connectivity index is 0.000000438. The zero-order chi connectivity index (χ0) is 21.4. The summed E-state index contributed by atoms with van der Waals surface area (Å²) in [6.45, 7) is 2.79. The Hall–Kier alpha value is -1.83. The number of nitrogens with zero attached hydrogens (tertiary/aromatic N) is 1. The molecule has 0 aromatic heterocycles. The molecule has 2 fully saturated rings. The molecule has 0 spiro atoms. The van der Waals surface area contributed by atoms with Crippen LogP contribution in [0, 0.1) is 5.92 Å². The number of piperidine rings is 1. The van der Waals surface area contributed by atoms with Crippen LogP contribution in [0.4, 0.5) is 0 Å². The van der Waals surface area contributed by atoms with E-state index < -0.39 is 11.9 Å². The molecule has 1 aromatic carbocycles. The summed E-state index contributed by atoms with van der Waals surface area (Å²) >= 11 is 12.0. The van der Waals surface area contributed by atoms with Crippen molar-refractivity contribution in [1.82, 2.24) is 10.2 Å². The molecule has 9 heteroatoms. The lowest BCUT2D eigenvalue weighted by Crippen LogP contribution is -2.42. The summed E-state index contributed by atoms with van der Waals surface area (Å²) in [6, 6.07) is 6.23. The van der Waals surface area contributed by atoms with E-state index in [1.807, 2.05) is 18.2 Å². The van der Waals surface area contributed by atoms with Crippen molar-refractivity contribution in [2.24, 2.45) is 5.92 Å². The molecule has 160 valence electrons. The molecule has 0 unspecified atom stereocenters. The van der Waals surface area contributed by atoms with Gasteiger partial charge in [0.05, 0.1) is 10.0 Å². The number of hydrogen-bond acceptors (Lipinski definition) is 4. The standard InChI is InChI=1S/C18H24Cl2N2O.C2H2O4/c19-16-6-5-13(11-17(16)20)12-22-9-7-14(8-10-22)18(23)21-15-3-1-2-4-15;3-1(4)2(5)6/h5-6,11,14-15H,1-4,7-10,12H2,(H,21,23);(H,3,4)(H,5,6). The van der Waals surface area contributed by atoms with Gasteiger partial charge in [0.15, 0.2) is 0 Å². The third kappa shape index (κ3) is 7.84. The van der Waals surface area contributed by atoms with Crippen molar-refractivity contribution in [3.63, 3.8) is 0 Å². The summed E-state index contributed by atoms with van der Waals surface area (Å²) < 4.78 is 0. The van der Waals surface area contributed by atoms with Gasteiger partial charge in [-0.15, -0.1) is 0 Å². The van der Waals surface area contributed by atoms with Crippen LogP contribution >= 0.6 is 23.2 Å². The van der Waals surface area contributed by atoms with Crippen LogP contribution < -0.4 is 5.32 Å². The van der Waals surface area contributed by atoms with E-state index in [0.29, 0.717) is 16.1 Å². The normalized spacial score (nSPS) is 18.0. The van der Waals surface area contributed by atoms with Crippen LogP contribution in [0.25, 0.3) is 0 Å². The van der Waals surface area contributed by atoms with Gasteiger partial charge in [-0.3, -0.25) is 9.69 Å². The first-order valence-corrected chi connectivity index (χ1v) is 10.4. The molecular weight excluding hydrogens is 419 g/mol. The van der Waals surface area contributed by atoms with Crippen molar-refractivity contribution in [1.29, 1.82) is 0 Å². The first kappa shape index (κ1) is 23.4. The number of aliphatic carboxylic acids is 2. The molecule has 0 atom stereocenters. The summed E-state index contributed by atoms with van der Waals surface area (Å²) in [5.74, 6) is -3.20. The van der Waals surface area contributed by atoms with Crippen molar-refractivity contribution in [2.45, 2.75) is 51.1 Å². The van der Waals surface area contributed by atoms with Gasteiger partial charge in [0.2, 0.25) is 5.91 Å². The van der Waals surface area contributed by atoms with Crippen molar-refractivity contribution >= 4 is 41.0 Å². The Morgan fingerprint density at radius 3 is 2.07 bits per heavy atom. The molecule has 2 aliphatic rings. The van der Waals surface area contributed by atoms with Crippen LogP contribution in [0.15, 0.2) is 18.2 Å². The van der Waals surface area contributed by atoms with E-state index in [2.05, 4.69) is 10.2 Å². The zero-order valence-corrected chi connectivity index (χ0v) is 17.6. The largest absolute Gasteiger partial charge is 0.473 e. The first-order chi connectivity index (χ1) is 13.8. The number of carboxylic acid groups (broad SMARTS) is 2. The summed E-state index contributed by atoms with van der Waals surface area (Å²) in [6.07, 6.45) is 6.71. The Bertz CT molecular complexity index is 718. The molecule has 29 heavy (non-hydrogen) atoms. The Morgan fingerprint density at radius 2 is 1.55 bits per heavy atom. The summed E-state index contributed by atoms with van der Waals surface area (Å²) in [5, 5.41) is 19.2. The minimum atomic E-state index is -1.82. The van der Waals surface area contributed by atoms with E-state index in [4.69, 9.17) is 43.0 Å². The Kier molecular flexibility index (Phi) is 9.20. The SMILES string of the molecule is O=C(NC1CCCC1)C1CCN(Cc2ccc(Cl)c(Cl)c2)CC1.O=C(O)C(=O)O. The predicted molar refractivity (Wildman–Crippen MR) is 110 cm³/mol. The Labute approximate surface area is 180 Å². The van der Waals surface area contributed by atoms with Gasteiger partial charge < -0.3 is 15.5 Å². The number of benzene rings is 1. The lowest BCUT2D eigenvalue weighted by molar-refractivity contribution is -0.159. The zero-order valence-electron chi connectivity index (χ0n) is 16.1. The highest BCUT2D eigenvalue weighted by Crippen LogP contribution is 2.25. The molecule has 3 rings (SSSR count). The summed E-state index contributed by atoms with van der Waals surface area (Å²) in [5.41, 5.74) is 1.17. The number of carboxylic acids is 2. The molecule has 1 aliphatic carbocycles. The van der Waals surface area contributed by atoms with Crippen LogP contribution in [0.3, 0.4) is 0 Å². The lowest BCUT2D eigenvalue weighted by atomic mass is 9.95. The fourth-order valence-corrected chi connectivity index (χ4v) is 3.96. The number of rotatable bonds is 4. The number of carbonyl (C=O) groups is 3.